The summed E-state index contributed by atoms with van der Waals surface area (Å²) in [6.45, 7) is 1.25. The Kier molecular flexibility index (Phi) is 8.06. The van der Waals surface area contributed by atoms with E-state index in [2.05, 4.69) is 15.4 Å². The first-order valence-electron chi connectivity index (χ1n) is 7.64. The molecule has 0 saturated heterocycles. The molecule has 0 heterocycles. The van der Waals surface area contributed by atoms with E-state index in [4.69, 9.17) is 5.26 Å². The number of benzene rings is 1. The van der Waals surface area contributed by atoms with Crippen LogP contribution in [0.4, 0.5) is 4.39 Å². The summed E-state index contributed by atoms with van der Waals surface area (Å²) in [4.78, 5) is 35.5. The molecule has 2 atom stereocenters. The molecule has 2 amide bonds. The molecule has 25 heavy (non-hydrogen) atoms. The van der Waals surface area contributed by atoms with Gasteiger partial charge in [0.05, 0.1) is 13.2 Å². The van der Waals surface area contributed by atoms with Crippen LogP contribution in [0.3, 0.4) is 0 Å². The average Bonchev–Trinajstić information content (AvgIpc) is 2.56. The molecule has 2 N–H and O–H groups in total. The standard InChI is InChI=1S/C17H20FN3O4/c1-11(22)20-15(10-12-5-3-6-13(18)9-12)16(23)21-14(7-4-8-19)17(24)25-2/h3,5-6,9,14-15H,4,7,10H2,1-2H3,(H,20,22)(H,21,23)/t14-,15-/m0/s1. The van der Waals surface area contributed by atoms with E-state index in [9.17, 15) is 18.8 Å². The third kappa shape index (κ3) is 6.99. The van der Waals surface area contributed by atoms with E-state index in [1.165, 1.54) is 32.2 Å². The SMILES string of the molecule is COC(=O)[C@H](CCC#N)NC(=O)[C@H](Cc1cccc(F)c1)NC(C)=O. The second-order valence-corrected chi connectivity index (χ2v) is 5.37. The molecule has 0 aliphatic carbocycles. The molecule has 7 nitrogen and oxygen atoms in total. The van der Waals surface area contributed by atoms with Crippen LogP contribution in [0.5, 0.6) is 0 Å². The van der Waals surface area contributed by atoms with Gasteiger partial charge in [0.15, 0.2) is 0 Å². The minimum absolute atomic E-state index is 0.0503. The molecule has 1 aromatic carbocycles. The lowest BCUT2D eigenvalue weighted by Crippen LogP contribution is -2.52. The topological polar surface area (TPSA) is 108 Å². The Hall–Kier alpha value is -2.95. The highest BCUT2D eigenvalue weighted by Gasteiger charge is 2.26. The monoisotopic (exact) mass is 349 g/mol. The van der Waals surface area contributed by atoms with Crippen LogP contribution in [0.2, 0.25) is 0 Å². The van der Waals surface area contributed by atoms with Crippen LogP contribution in [0.1, 0.15) is 25.3 Å². The number of ether oxygens (including phenoxy) is 1. The minimum Gasteiger partial charge on any atom is -0.467 e. The summed E-state index contributed by atoms with van der Waals surface area (Å²) < 4.78 is 17.9. The highest BCUT2D eigenvalue weighted by Crippen LogP contribution is 2.08. The lowest BCUT2D eigenvalue weighted by Gasteiger charge is -2.21. The number of amides is 2. The number of nitrogens with zero attached hydrogens (tertiary/aromatic N) is 1. The number of nitrogens with one attached hydrogen (secondary N) is 2. The van der Waals surface area contributed by atoms with Gasteiger partial charge in [0.1, 0.15) is 17.9 Å². The van der Waals surface area contributed by atoms with Gasteiger partial charge in [-0.25, -0.2) is 9.18 Å². The van der Waals surface area contributed by atoms with Crippen molar-refractivity contribution in [1.29, 1.82) is 5.26 Å². The van der Waals surface area contributed by atoms with E-state index in [1.54, 1.807) is 6.07 Å². The zero-order valence-electron chi connectivity index (χ0n) is 14.0. The zero-order valence-corrected chi connectivity index (χ0v) is 14.0. The van der Waals surface area contributed by atoms with Gasteiger partial charge in [-0.15, -0.1) is 0 Å². The van der Waals surface area contributed by atoms with Crippen molar-refractivity contribution in [3.05, 3.63) is 35.6 Å². The fourth-order valence-corrected chi connectivity index (χ4v) is 2.23. The second-order valence-electron chi connectivity index (χ2n) is 5.37. The normalized spacial score (nSPS) is 12.4. The van der Waals surface area contributed by atoms with Crippen LogP contribution in [0.15, 0.2) is 24.3 Å². The van der Waals surface area contributed by atoms with Crippen LogP contribution in [0, 0.1) is 17.1 Å². The molecule has 0 saturated carbocycles. The number of carbonyl (C=O) groups is 3. The fourth-order valence-electron chi connectivity index (χ4n) is 2.23. The number of esters is 1. The highest BCUT2D eigenvalue weighted by molar-refractivity contribution is 5.90. The van der Waals surface area contributed by atoms with E-state index in [-0.39, 0.29) is 19.3 Å². The maximum atomic E-state index is 13.3. The predicted molar refractivity (Wildman–Crippen MR) is 86.5 cm³/mol. The molecule has 0 unspecified atom stereocenters. The molecule has 1 rings (SSSR count). The molecular formula is C17H20FN3O4. The van der Waals surface area contributed by atoms with Crippen LogP contribution < -0.4 is 10.6 Å². The Bertz CT molecular complexity index is 672. The quantitative estimate of drug-likeness (QED) is 0.676. The zero-order chi connectivity index (χ0) is 18.8. The van der Waals surface area contributed by atoms with Crippen molar-refractivity contribution in [3.8, 4) is 6.07 Å². The van der Waals surface area contributed by atoms with Gasteiger partial charge in [-0.1, -0.05) is 12.1 Å². The molecule has 0 aliphatic heterocycles. The number of carbonyl (C=O) groups excluding carboxylic acids is 3. The molecule has 0 fully saturated rings. The molecule has 0 bridgehead atoms. The third-order valence-corrected chi connectivity index (χ3v) is 3.37. The lowest BCUT2D eigenvalue weighted by molar-refractivity contribution is -0.145. The molecular weight excluding hydrogens is 329 g/mol. The van der Waals surface area contributed by atoms with Crippen molar-refractivity contribution in [3.63, 3.8) is 0 Å². The first kappa shape index (κ1) is 20.1. The number of halogens is 1. The van der Waals surface area contributed by atoms with Crippen LogP contribution in [-0.4, -0.2) is 37.0 Å². The second kappa shape index (κ2) is 10.0. The van der Waals surface area contributed by atoms with E-state index >= 15 is 0 Å². The van der Waals surface area contributed by atoms with Gasteiger partial charge in [0, 0.05) is 19.8 Å². The maximum Gasteiger partial charge on any atom is 0.328 e. The summed E-state index contributed by atoms with van der Waals surface area (Å²) >= 11 is 0. The lowest BCUT2D eigenvalue weighted by atomic mass is 10.0. The summed E-state index contributed by atoms with van der Waals surface area (Å²) in [5.74, 6) is -2.20. The Morgan fingerprint density at radius 2 is 2.00 bits per heavy atom. The van der Waals surface area contributed by atoms with Crippen LogP contribution >= 0.6 is 0 Å². The van der Waals surface area contributed by atoms with E-state index in [1.807, 2.05) is 6.07 Å². The van der Waals surface area contributed by atoms with Crippen molar-refractivity contribution >= 4 is 17.8 Å². The molecule has 8 heteroatoms. The predicted octanol–water partition coefficient (Wildman–Crippen LogP) is 0.834. The number of hydrogen-bond donors (Lipinski definition) is 2. The smallest absolute Gasteiger partial charge is 0.328 e. The van der Waals surface area contributed by atoms with Gasteiger partial charge in [-0.05, 0) is 24.1 Å². The van der Waals surface area contributed by atoms with Gasteiger partial charge in [-0.3, -0.25) is 9.59 Å². The Labute approximate surface area is 145 Å². The highest BCUT2D eigenvalue weighted by atomic mass is 19.1. The van der Waals surface area contributed by atoms with Gasteiger partial charge in [0.2, 0.25) is 11.8 Å². The van der Waals surface area contributed by atoms with Crippen molar-refractivity contribution < 1.29 is 23.5 Å². The van der Waals surface area contributed by atoms with Gasteiger partial charge >= 0.3 is 5.97 Å². The molecule has 134 valence electrons. The average molecular weight is 349 g/mol. The van der Waals surface area contributed by atoms with Crippen LogP contribution in [-0.2, 0) is 25.5 Å². The Balaban J connectivity index is 2.89. The van der Waals surface area contributed by atoms with E-state index in [0.29, 0.717) is 5.56 Å². The number of hydrogen-bond acceptors (Lipinski definition) is 5. The van der Waals surface area contributed by atoms with Crippen LogP contribution in [0.25, 0.3) is 0 Å². The molecule has 1 aromatic rings. The Morgan fingerprint density at radius 3 is 2.56 bits per heavy atom. The molecule has 0 aromatic heterocycles. The van der Waals surface area contributed by atoms with E-state index < -0.39 is 35.7 Å². The van der Waals surface area contributed by atoms with Gasteiger partial charge in [0.25, 0.3) is 0 Å². The van der Waals surface area contributed by atoms with Crippen molar-refractivity contribution in [2.24, 2.45) is 0 Å². The van der Waals surface area contributed by atoms with E-state index in [0.717, 1.165) is 0 Å². The van der Waals surface area contributed by atoms with Gasteiger partial charge < -0.3 is 15.4 Å². The molecule has 0 spiro atoms. The number of nitriles is 1. The first-order chi connectivity index (χ1) is 11.9. The molecule has 0 radical (unpaired) electrons. The number of rotatable bonds is 8. The van der Waals surface area contributed by atoms with Gasteiger partial charge in [-0.2, -0.15) is 5.26 Å². The summed E-state index contributed by atoms with van der Waals surface area (Å²) in [7, 11) is 1.17. The largest absolute Gasteiger partial charge is 0.467 e. The first-order valence-corrected chi connectivity index (χ1v) is 7.64. The summed E-state index contributed by atoms with van der Waals surface area (Å²) in [6.07, 6.45) is 0.186. The van der Waals surface area contributed by atoms with Crippen molar-refractivity contribution in [2.75, 3.05) is 7.11 Å². The summed E-state index contributed by atoms with van der Waals surface area (Å²) in [5.41, 5.74) is 0.514. The molecule has 0 aliphatic rings. The Morgan fingerprint density at radius 1 is 1.28 bits per heavy atom. The maximum absolute atomic E-state index is 13.3. The summed E-state index contributed by atoms with van der Waals surface area (Å²) in [6, 6.07) is 5.55. The minimum atomic E-state index is -0.999. The van der Waals surface area contributed by atoms with Crippen molar-refractivity contribution in [2.45, 2.75) is 38.3 Å². The number of methoxy groups -OCH3 is 1. The van der Waals surface area contributed by atoms with Crippen molar-refractivity contribution in [1.82, 2.24) is 10.6 Å². The third-order valence-electron chi connectivity index (χ3n) is 3.37. The summed E-state index contributed by atoms with van der Waals surface area (Å²) in [5, 5.41) is 13.6. The fraction of sp³-hybridized carbons (Fsp3) is 0.412.